The van der Waals surface area contributed by atoms with E-state index in [1.54, 1.807) is 28.9 Å². The number of amides is 3. The summed E-state index contributed by atoms with van der Waals surface area (Å²) < 4.78 is 18.9. The van der Waals surface area contributed by atoms with E-state index in [4.69, 9.17) is 4.42 Å². The number of benzene rings is 1. The molecule has 2 aromatic rings. The molecule has 0 radical (unpaired) electrons. The molecule has 1 aromatic heterocycles. The molecule has 1 saturated heterocycles. The van der Waals surface area contributed by atoms with Gasteiger partial charge in [0.2, 0.25) is 5.91 Å². The van der Waals surface area contributed by atoms with E-state index in [0.717, 1.165) is 0 Å². The lowest BCUT2D eigenvalue weighted by molar-refractivity contribution is -0.132. The summed E-state index contributed by atoms with van der Waals surface area (Å²) >= 11 is 0. The molecule has 1 aliphatic heterocycles. The Labute approximate surface area is 162 Å². The molecular weight excluding hydrogens is 365 g/mol. The number of hydrogen-bond acceptors (Lipinski definition) is 4. The molecule has 0 bridgehead atoms. The summed E-state index contributed by atoms with van der Waals surface area (Å²) in [6, 6.07) is 8.25. The van der Waals surface area contributed by atoms with Gasteiger partial charge >= 0.3 is 0 Å². The Morgan fingerprint density at radius 3 is 2.46 bits per heavy atom. The largest absolute Gasteiger partial charge is 0.459 e. The quantitative estimate of drug-likeness (QED) is 0.869. The Balaban J connectivity index is 1.58. The summed E-state index contributed by atoms with van der Waals surface area (Å²) in [5, 5.41) is 2.61. The summed E-state index contributed by atoms with van der Waals surface area (Å²) in [5.74, 6) is -1.50. The highest BCUT2D eigenvalue weighted by Gasteiger charge is 2.27. The molecule has 1 atom stereocenters. The third kappa shape index (κ3) is 4.39. The second kappa shape index (κ2) is 8.69. The standard InChI is InChI=1S/C20H22FN3O4/c1-14(22-18(25)17-8-4-13-28-17)19(26)23-9-5-10-24(12-11-23)20(27)15-6-2-3-7-16(15)21/h2-4,6-8,13-14H,5,9-12H2,1H3,(H,22,25). The summed E-state index contributed by atoms with van der Waals surface area (Å²) in [4.78, 5) is 40.5. The van der Waals surface area contributed by atoms with Crippen molar-refractivity contribution in [3.63, 3.8) is 0 Å². The predicted molar refractivity (Wildman–Crippen MR) is 99.1 cm³/mol. The first-order valence-electron chi connectivity index (χ1n) is 9.14. The predicted octanol–water partition coefficient (Wildman–Crippen LogP) is 1.91. The van der Waals surface area contributed by atoms with Crippen molar-refractivity contribution >= 4 is 17.7 Å². The van der Waals surface area contributed by atoms with E-state index in [1.165, 1.54) is 30.5 Å². The number of carbonyl (C=O) groups is 3. The molecule has 0 aliphatic carbocycles. The smallest absolute Gasteiger partial charge is 0.287 e. The van der Waals surface area contributed by atoms with Gasteiger partial charge in [0, 0.05) is 26.2 Å². The van der Waals surface area contributed by atoms with Crippen LogP contribution >= 0.6 is 0 Å². The molecule has 1 N–H and O–H groups in total. The molecule has 28 heavy (non-hydrogen) atoms. The molecule has 148 valence electrons. The normalized spacial score (nSPS) is 15.6. The number of rotatable bonds is 4. The zero-order chi connectivity index (χ0) is 20.1. The number of hydrogen-bond donors (Lipinski definition) is 1. The molecule has 7 nitrogen and oxygen atoms in total. The SMILES string of the molecule is CC(NC(=O)c1ccco1)C(=O)N1CCCN(C(=O)c2ccccc2F)CC1. The maximum absolute atomic E-state index is 13.9. The van der Waals surface area contributed by atoms with Crippen LogP contribution in [-0.4, -0.2) is 59.7 Å². The molecule has 1 aromatic carbocycles. The molecule has 0 saturated carbocycles. The molecule has 3 rings (SSSR count). The van der Waals surface area contributed by atoms with Crippen molar-refractivity contribution < 1.29 is 23.2 Å². The lowest BCUT2D eigenvalue weighted by atomic mass is 10.2. The van der Waals surface area contributed by atoms with E-state index in [-0.39, 0.29) is 23.1 Å². The van der Waals surface area contributed by atoms with Crippen molar-refractivity contribution in [2.75, 3.05) is 26.2 Å². The summed E-state index contributed by atoms with van der Waals surface area (Å²) in [7, 11) is 0. The van der Waals surface area contributed by atoms with Gasteiger partial charge in [-0.1, -0.05) is 12.1 Å². The van der Waals surface area contributed by atoms with Gasteiger partial charge in [-0.05, 0) is 37.6 Å². The maximum Gasteiger partial charge on any atom is 0.287 e. The van der Waals surface area contributed by atoms with Crippen molar-refractivity contribution in [3.05, 3.63) is 59.8 Å². The zero-order valence-electron chi connectivity index (χ0n) is 15.6. The van der Waals surface area contributed by atoms with Crippen molar-refractivity contribution in [1.82, 2.24) is 15.1 Å². The van der Waals surface area contributed by atoms with Crippen molar-refractivity contribution in [2.24, 2.45) is 0 Å². The number of furan rings is 1. The van der Waals surface area contributed by atoms with Crippen LogP contribution in [0, 0.1) is 5.82 Å². The Kier molecular flexibility index (Phi) is 6.08. The second-order valence-electron chi connectivity index (χ2n) is 6.62. The van der Waals surface area contributed by atoms with E-state index in [0.29, 0.717) is 32.6 Å². The fourth-order valence-electron chi connectivity index (χ4n) is 3.16. The second-order valence-corrected chi connectivity index (χ2v) is 6.62. The topological polar surface area (TPSA) is 82.9 Å². The number of carbonyl (C=O) groups excluding carboxylic acids is 3. The van der Waals surface area contributed by atoms with Gasteiger partial charge in [-0.15, -0.1) is 0 Å². The molecular formula is C20H22FN3O4. The monoisotopic (exact) mass is 387 g/mol. The highest BCUT2D eigenvalue weighted by atomic mass is 19.1. The Morgan fingerprint density at radius 1 is 1.04 bits per heavy atom. The van der Waals surface area contributed by atoms with Crippen LogP contribution in [0.2, 0.25) is 0 Å². The van der Waals surface area contributed by atoms with Gasteiger partial charge in [0.1, 0.15) is 11.9 Å². The van der Waals surface area contributed by atoms with E-state index in [2.05, 4.69) is 5.32 Å². The van der Waals surface area contributed by atoms with E-state index >= 15 is 0 Å². The van der Waals surface area contributed by atoms with Crippen LogP contribution in [0.1, 0.15) is 34.3 Å². The fourth-order valence-corrected chi connectivity index (χ4v) is 3.16. The highest BCUT2D eigenvalue weighted by molar-refractivity contribution is 5.96. The van der Waals surface area contributed by atoms with Crippen molar-refractivity contribution in [2.45, 2.75) is 19.4 Å². The first kappa shape index (κ1) is 19.6. The van der Waals surface area contributed by atoms with Crippen LogP contribution in [0.15, 0.2) is 47.1 Å². The average molecular weight is 387 g/mol. The minimum Gasteiger partial charge on any atom is -0.459 e. The first-order valence-corrected chi connectivity index (χ1v) is 9.14. The molecule has 1 unspecified atom stereocenters. The lowest BCUT2D eigenvalue weighted by Crippen LogP contribution is -2.48. The Hall–Kier alpha value is -3.16. The Bertz CT molecular complexity index is 853. The third-order valence-corrected chi connectivity index (χ3v) is 4.66. The van der Waals surface area contributed by atoms with Crippen LogP contribution in [0.5, 0.6) is 0 Å². The van der Waals surface area contributed by atoms with Gasteiger partial charge in [-0.25, -0.2) is 4.39 Å². The molecule has 8 heteroatoms. The molecule has 1 fully saturated rings. The van der Waals surface area contributed by atoms with Crippen LogP contribution in [0.4, 0.5) is 4.39 Å². The highest BCUT2D eigenvalue weighted by Crippen LogP contribution is 2.13. The zero-order valence-corrected chi connectivity index (χ0v) is 15.6. The van der Waals surface area contributed by atoms with Gasteiger partial charge < -0.3 is 19.5 Å². The van der Waals surface area contributed by atoms with Gasteiger partial charge in [0.25, 0.3) is 11.8 Å². The molecule has 1 aliphatic rings. The maximum atomic E-state index is 13.9. The van der Waals surface area contributed by atoms with Gasteiger partial charge in [-0.2, -0.15) is 0 Å². The van der Waals surface area contributed by atoms with Crippen LogP contribution in [0.3, 0.4) is 0 Å². The molecule has 2 heterocycles. The minimum absolute atomic E-state index is 0.0290. The summed E-state index contributed by atoms with van der Waals surface area (Å²) in [6.45, 7) is 3.12. The van der Waals surface area contributed by atoms with Crippen LogP contribution in [-0.2, 0) is 4.79 Å². The fraction of sp³-hybridized carbons (Fsp3) is 0.350. The summed E-state index contributed by atoms with van der Waals surface area (Å²) in [5.41, 5.74) is 0.0290. The van der Waals surface area contributed by atoms with E-state index in [9.17, 15) is 18.8 Å². The molecule has 3 amide bonds. The number of nitrogens with one attached hydrogen (secondary N) is 1. The van der Waals surface area contributed by atoms with Gasteiger partial charge in [-0.3, -0.25) is 14.4 Å². The number of nitrogens with zero attached hydrogens (tertiary/aromatic N) is 2. The van der Waals surface area contributed by atoms with Crippen LogP contribution < -0.4 is 5.32 Å². The van der Waals surface area contributed by atoms with Crippen LogP contribution in [0.25, 0.3) is 0 Å². The first-order chi connectivity index (χ1) is 13.5. The van der Waals surface area contributed by atoms with E-state index < -0.39 is 17.8 Å². The summed E-state index contributed by atoms with van der Waals surface area (Å²) in [6.07, 6.45) is 1.96. The third-order valence-electron chi connectivity index (χ3n) is 4.66. The van der Waals surface area contributed by atoms with Gasteiger partial charge in [0.05, 0.1) is 11.8 Å². The lowest BCUT2D eigenvalue weighted by Gasteiger charge is -2.25. The minimum atomic E-state index is -0.730. The average Bonchev–Trinajstić information content (AvgIpc) is 3.12. The Morgan fingerprint density at radius 2 is 1.75 bits per heavy atom. The van der Waals surface area contributed by atoms with Gasteiger partial charge in [0.15, 0.2) is 5.76 Å². The van der Waals surface area contributed by atoms with Crippen molar-refractivity contribution in [3.8, 4) is 0 Å². The molecule has 0 spiro atoms. The van der Waals surface area contributed by atoms with E-state index in [1.807, 2.05) is 0 Å². The number of halogens is 1. The van der Waals surface area contributed by atoms with Crippen molar-refractivity contribution in [1.29, 1.82) is 0 Å².